The van der Waals surface area contributed by atoms with E-state index in [1.807, 2.05) is 84.9 Å². The van der Waals surface area contributed by atoms with Gasteiger partial charge in [-0.3, -0.25) is 10.1 Å². The number of nitrogens with zero attached hydrogens (tertiary/aromatic N) is 1. The van der Waals surface area contributed by atoms with Crippen LogP contribution >= 0.6 is 0 Å². The molecular weight excluding hydrogens is 436 g/mol. The van der Waals surface area contributed by atoms with Gasteiger partial charge in [-0.1, -0.05) is 60.7 Å². The fraction of sp³-hybridized carbons (Fsp3) is 0.269. The second-order valence-electron chi connectivity index (χ2n) is 8.15. The van der Waals surface area contributed by atoms with E-state index in [1.165, 1.54) is 0 Å². The Hall–Kier alpha value is -3.16. The van der Waals surface area contributed by atoms with E-state index in [4.69, 9.17) is 4.74 Å². The Labute approximate surface area is 195 Å². The van der Waals surface area contributed by atoms with Crippen LogP contribution < -0.4 is 15.0 Å². The first-order chi connectivity index (χ1) is 16.0. The van der Waals surface area contributed by atoms with Crippen molar-refractivity contribution in [3.63, 3.8) is 0 Å². The molecule has 7 heteroatoms. The zero-order valence-corrected chi connectivity index (χ0v) is 19.4. The van der Waals surface area contributed by atoms with Gasteiger partial charge in [0.05, 0.1) is 37.2 Å². The summed E-state index contributed by atoms with van der Waals surface area (Å²) in [6.45, 7) is 0.0665. The Balaban J connectivity index is 1.58. The largest absolute Gasteiger partial charge is 0.497 e. The summed E-state index contributed by atoms with van der Waals surface area (Å²) in [4.78, 5) is 15.1. The molecule has 1 fully saturated rings. The van der Waals surface area contributed by atoms with E-state index in [-0.39, 0.29) is 36.0 Å². The van der Waals surface area contributed by atoms with Crippen molar-refractivity contribution in [2.45, 2.75) is 18.5 Å². The Morgan fingerprint density at radius 2 is 1.58 bits per heavy atom. The molecule has 0 bridgehead atoms. The van der Waals surface area contributed by atoms with Crippen LogP contribution in [0.3, 0.4) is 0 Å². The Kier molecular flexibility index (Phi) is 7.11. The molecule has 1 aliphatic heterocycles. The van der Waals surface area contributed by atoms with E-state index in [1.54, 1.807) is 12.0 Å². The first kappa shape index (κ1) is 23.0. The first-order valence-corrected chi connectivity index (χ1v) is 12.8. The van der Waals surface area contributed by atoms with Crippen LogP contribution in [0.4, 0.5) is 5.69 Å². The van der Waals surface area contributed by atoms with Crippen molar-refractivity contribution in [1.82, 2.24) is 5.32 Å². The molecule has 0 spiro atoms. The van der Waals surface area contributed by atoms with Crippen LogP contribution in [0.25, 0.3) is 0 Å². The van der Waals surface area contributed by atoms with Crippen LogP contribution in [0, 0.1) is 0 Å². The molecule has 172 valence electrons. The molecule has 6 nitrogen and oxygen atoms in total. The van der Waals surface area contributed by atoms with Gasteiger partial charge in [0, 0.05) is 5.69 Å². The Morgan fingerprint density at radius 1 is 0.970 bits per heavy atom. The molecule has 0 unspecified atom stereocenters. The van der Waals surface area contributed by atoms with Crippen molar-refractivity contribution < 1.29 is 17.9 Å². The highest BCUT2D eigenvalue weighted by Crippen LogP contribution is 2.26. The Bertz CT molecular complexity index is 1170. The second-order valence-corrected chi connectivity index (χ2v) is 10.4. The lowest BCUT2D eigenvalue weighted by atomic mass is 9.98. The minimum Gasteiger partial charge on any atom is -0.497 e. The number of ether oxygens (including phenoxy) is 1. The third kappa shape index (κ3) is 5.61. The second kappa shape index (κ2) is 10.2. The predicted octanol–water partition coefficient (Wildman–Crippen LogP) is 3.59. The van der Waals surface area contributed by atoms with E-state index in [0.717, 1.165) is 16.9 Å². The minimum absolute atomic E-state index is 0.00573. The van der Waals surface area contributed by atoms with Gasteiger partial charge in [-0.25, -0.2) is 8.42 Å². The Morgan fingerprint density at radius 3 is 2.15 bits per heavy atom. The zero-order valence-electron chi connectivity index (χ0n) is 18.6. The summed E-state index contributed by atoms with van der Waals surface area (Å²) in [5, 5.41) is 3.40. The fourth-order valence-corrected chi connectivity index (χ4v) is 5.97. The van der Waals surface area contributed by atoms with E-state index in [0.29, 0.717) is 12.1 Å². The lowest BCUT2D eigenvalue weighted by Crippen LogP contribution is -2.46. The number of amides is 1. The average molecular weight is 465 g/mol. The molecule has 1 N–H and O–H groups in total. The quantitative estimate of drug-likeness (QED) is 0.551. The monoisotopic (exact) mass is 464 g/mol. The molecule has 0 aromatic heterocycles. The topological polar surface area (TPSA) is 75.7 Å². The van der Waals surface area contributed by atoms with Crippen molar-refractivity contribution in [2.24, 2.45) is 0 Å². The van der Waals surface area contributed by atoms with Gasteiger partial charge >= 0.3 is 0 Å². The normalized spacial score (nSPS) is 17.9. The molecule has 3 aromatic carbocycles. The summed E-state index contributed by atoms with van der Waals surface area (Å²) < 4.78 is 29.5. The molecular formula is C26H28N2O4S. The highest BCUT2D eigenvalue weighted by atomic mass is 32.2. The molecule has 0 radical (unpaired) electrons. The number of anilines is 1. The minimum atomic E-state index is -3.13. The van der Waals surface area contributed by atoms with Gasteiger partial charge in [0.2, 0.25) is 5.91 Å². The van der Waals surface area contributed by atoms with Crippen molar-refractivity contribution in [1.29, 1.82) is 0 Å². The number of para-hydroxylation sites is 1. The molecule has 0 aliphatic carbocycles. The van der Waals surface area contributed by atoms with Crippen LogP contribution in [0.2, 0.25) is 0 Å². The number of methoxy groups -OCH3 is 1. The van der Waals surface area contributed by atoms with Crippen LogP contribution in [-0.4, -0.2) is 45.5 Å². The smallest absolute Gasteiger partial charge is 0.241 e. The number of benzene rings is 3. The standard InChI is InChI=1S/C26H28N2O4S/c1-32-24-14-12-21(13-15-24)26(20-8-4-2-5-9-20)27-18-25(29)28(22-10-6-3-7-11-22)23-16-17-33(30,31)19-23/h2-15,23,26-27H,16-19H2,1H3/t23-,26-/m0/s1. The van der Waals surface area contributed by atoms with Crippen molar-refractivity contribution in [3.8, 4) is 5.75 Å². The maximum atomic E-state index is 13.5. The SMILES string of the molecule is COc1ccc([C@@H](NCC(=O)N(c2ccccc2)[C@H]2CCS(=O)(=O)C2)c2ccccc2)cc1. The molecule has 1 aliphatic rings. The van der Waals surface area contributed by atoms with Gasteiger partial charge in [-0.15, -0.1) is 0 Å². The number of rotatable bonds is 8. The molecule has 4 rings (SSSR count). The number of carbonyl (C=O) groups is 1. The third-order valence-corrected chi connectivity index (χ3v) is 7.67. The molecule has 2 atom stereocenters. The van der Waals surface area contributed by atoms with Gasteiger partial charge in [0.15, 0.2) is 9.84 Å². The van der Waals surface area contributed by atoms with E-state index in [9.17, 15) is 13.2 Å². The molecule has 1 amide bonds. The number of sulfone groups is 1. The summed E-state index contributed by atoms with van der Waals surface area (Å²) >= 11 is 0. The van der Waals surface area contributed by atoms with E-state index >= 15 is 0 Å². The fourth-order valence-electron chi connectivity index (χ4n) is 4.27. The molecule has 1 heterocycles. The summed E-state index contributed by atoms with van der Waals surface area (Å²) in [7, 11) is -1.51. The molecule has 1 saturated heterocycles. The lowest BCUT2D eigenvalue weighted by Gasteiger charge is -2.29. The number of hydrogen-bond acceptors (Lipinski definition) is 5. The average Bonchev–Trinajstić information content (AvgIpc) is 3.20. The molecule has 33 heavy (non-hydrogen) atoms. The van der Waals surface area contributed by atoms with Crippen molar-refractivity contribution in [2.75, 3.05) is 30.1 Å². The molecule has 0 saturated carbocycles. The van der Waals surface area contributed by atoms with E-state index < -0.39 is 9.84 Å². The molecule has 3 aromatic rings. The first-order valence-electron chi connectivity index (χ1n) is 11.0. The highest BCUT2D eigenvalue weighted by Gasteiger charge is 2.35. The maximum Gasteiger partial charge on any atom is 0.241 e. The predicted molar refractivity (Wildman–Crippen MR) is 130 cm³/mol. The maximum absolute atomic E-state index is 13.5. The van der Waals surface area contributed by atoms with Gasteiger partial charge < -0.3 is 9.64 Å². The van der Waals surface area contributed by atoms with E-state index in [2.05, 4.69) is 5.32 Å². The zero-order chi connectivity index (χ0) is 23.3. The number of hydrogen-bond donors (Lipinski definition) is 1. The lowest BCUT2D eigenvalue weighted by molar-refractivity contribution is -0.118. The van der Waals surface area contributed by atoms with Crippen LogP contribution in [0.15, 0.2) is 84.9 Å². The van der Waals surface area contributed by atoms with Gasteiger partial charge in [-0.2, -0.15) is 0 Å². The summed E-state index contributed by atoms with van der Waals surface area (Å²) in [5.74, 6) is 0.714. The van der Waals surface area contributed by atoms with Crippen molar-refractivity contribution >= 4 is 21.4 Å². The summed E-state index contributed by atoms with van der Waals surface area (Å²) in [6.07, 6.45) is 0.448. The van der Waals surface area contributed by atoms with Crippen LogP contribution in [0.1, 0.15) is 23.6 Å². The van der Waals surface area contributed by atoms with Crippen LogP contribution in [-0.2, 0) is 14.6 Å². The number of carbonyl (C=O) groups excluding carboxylic acids is 1. The third-order valence-electron chi connectivity index (χ3n) is 5.92. The van der Waals surface area contributed by atoms with Gasteiger partial charge in [-0.05, 0) is 41.8 Å². The van der Waals surface area contributed by atoms with Gasteiger partial charge in [0.25, 0.3) is 0 Å². The van der Waals surface area contributed by atoms with Gasteiger partial charge in [0.1, 0.15) is 5.75 Å². The highest BCUT2D eigenvalue weighted by molar-refractivity contribution is 7.91. The van der Waals surface area contributed by atoms with Crippen LogP contribution in [0.5, 0.6) is 5.75 Å². The number of nitrogens with one attached hydrogen (secondary N) is 1. The summed E-state index contributed by atoms with van der Waals surface area (Å²) in [6, 6.07) is 26.4. The summed E-state index contributed by atoms with van der Waals surface area (Å²) in [5.41, 5.74) is 2.75. The van der Waals surface area contributed by atoms with Crippen molar-refractivity contribution in [3.05, 3.63) is 96.1 Å².